The molecular formula is C15H22N2O3. The molecule has 0 aliphatic carbocycles. The van der Waals surface area contributed by atoms with Crippen molar-refractivity contribution in [1.82, 2.24) is 10.6 Å². The molecule has 5 nitrogen and oxygen atoms in total. The Kier molecular flexibility index (Phi) is 5.13. The number of carbonyl (C=O) groups excluding carboxylic acids is 2. The van der Waals surface area contributed by atoms with Crippen LogP contribution in [0, 0.1) is 0 Å². The molecule has 0 heterocycles. The standard InChI is InChI=1S/C15H22N2O3/c1-10(13(18)17-14(19)16-5)20-12-8-6-11(7-9-12)15(2,3)4/h6-10H,1-5H3,(H2,16,17,18,19). The van der Waals surface area contributed by atoms with Crippen molar-refractivity contribution in [3.05, 3.63) is 29.8 Å². The van der Waals surface area contributed by atoms with Crippen LogP contribution >= 0.6 is 0 Å². The van der Waals surface area contributed by atoms with E-state index in [1.54, 1.807) is 6.92 Å². The highest BCUT2D eigenvalue weighted by Gasteiger charge is 2.17. The molecular weight excluding hydrogens is 256 g/mol. The van der Waals surface area contributed by atoms with E-state index in [0.29, 0.717) is 5.75 Å². The second kappa shape index (κ2) is 6.41. The topological polar surface area (TPSA) is 67.4 Å². The molecule has 1 unspecified atom stereocenters. The average Bonchev–Trinajstić information content (AvgIpc) is 2.38. The van der Waals surface area contributed by atoms with E-state index in [9.17, 15) is 9.59 Å². The molecule has 2 N–H and O–H groups in total. The van der Waals surface area contributed by atoms with E-state index in [4.69, 9.17) is 4.74 Å². The van der Waals surface area contributed by atoms with Crippen LogP contribution in [0.2, 0.25) is 0 Å². The van der Waals surface area contributed by atoms with Gasteiger partial charge < -0.3 is 10.1 Å². The number of amides is 3. The Balaban J connectivity index is 2.64. The van der Waals surface area contributed by atoms with Gasteiger partial charge in [0.15, 0.2) is 6.10 Å². The van der Waals surface area contributed by atoms with Crippen molar-refractivity contribution in [1.29, 1.82) is 0 Å². The van der Waals surface area contributed by atoms with E-state index in [0.717, 1.165) is 0 Å². The van der Waals surface area contributed by atoms with Crippen LogP contribution in [0.4, 0.5) is 4.79 Å². The lowest BCUT2D eigenvalue weighted by Gasteiger charge is -2.20. The monoisotopic (exact) mass is 278 g/mol. The maximum absolute atomic E-state index is 11.6. The molecule has 110 valence electrons. The summed E-state index contributed by atoms with van der Waals surface area (Å²) >= 11 is 0. The summed E-state index contributed by atoms with van der Waals surface area (Å²) in [6, 6.07) is 7.04. The Labute approximate surface area is 119 Å². The average molecular weight is 278 g/mol. The predicted octanol–water partition coefficient (Wildman–Crippen LogP) is 2.21. The highest BCUT2D eigenvalue weighted by atomic mass is 16.5. The Morgan fingerprint density at radius 2 is 1.70 bits per heavy atom. The first-order valence-electron chi connectivity index (χ1n) is 6.54. The lowest BCUT2D eigenvalue weighted by molar-refractivity contribution is -0.126. The lowest BCUT2D eigenvalue weighted by atomic mass is 9.87. The van der Waals surface area contributed by atoms with Gasteiger partial charge in [0.1, 0.15) is 5.75 Å². The second-order valence-corrected chi connectivity index (χ2v) is 5.60. The SMILES string of the molecule is CNC(=O)NC(=O)C(C)Oc1ccc(C(C)(C)C)cc1. The van der Waals surface area contributed by atoms with Crippen LogP contribution in [-0.2, 0) is 10.2 Å². The van der Waals surface area contributed by atoms with E-state index in [1.165, 1.54) is 12.6 Å². The summed E-state index contributed by atoms with van der Waals surface area (Å²) in [7, 11) is 1.44. The van der Waals surface area contributed by atoms with Gasteiger partial charge in [-0.2, -0.15) is 0 Å². The number of hydrogen-bond donors (Lipinski definition) is 2. The van der Waals surface area contributed by atoms with Gasteiger partial charge in [-0.15, -0.1) is 0 Å². The summed E-state index contributed by atoms with van der Waals surface area (Å²) in [5.41, 5.74) is 1.26. The first-order chi connectivity index (χ1) is 9.24. The summed E-state index contributed by atoms with van der Waals surface area (Å²) in [5.74, 6) is 0.113. The fraction of sp³-hybridized carbons (Fsp3) is 0.467. The fourth-order valence-corrected chi connectivity index (χ4v) is 1.57. The molecule has 0 radical (unpaired) electrons. The van der Waals surface area contributed by atoms with Gasteiger partial charge in [0.25, 0.3) is 5.91 Å². The number of imide groups is 1. The molecule has 1 rings (SSSR count). The molecule has 0 bridgehead atoms. The molecule has 5 heteroatoms. The van der Waals surface area contributed by atoms with E-state index >= 15 is 0 Å². The number of carbonyl (C=O) groups is 2. The van der Waals surface area contributed by atoms with Gasteiger partial charge >= 0.3 is 6.03 Å². The highest BCUT2D eigenvalue weighted by molar-refractivity contribution is 5.96. The third-order valence-corrected chi connectivity index (χ3v) is 2.87. The zero-order valence-electron chi connectivity index (χ0n) is 12.6. The summed E-state index contributed by atoms with van der Waals surface area (Å²) in [6.07, 6.45) is -0.743. The predicted molar refractivity (Wildman–Crippen MR) is 77.8 cm³/mol. The number of urea groups is 1. The van der Waals surface area contributed by atoms with Crippen LogP contribution in [0.5, 0.6) is 5.75 Å². The molecule has 0 aliphatic heterocycles. The first-order valence-corrected chi connectivity index (χ1v) is 6.54. The van der Waals surface area contributed by atoms with Crippen molar-refractivity contribution >= 4 is 11.9 Å². The van der Waals surface area contributed by atoms with Crippen molar-refractivity contribution in [3.63, 3.8) is 0 Å². The van der Waals surface area contributed by atoms with Crippen molar-refractivity contribution < 1.29 is 14.3 Å². The molecule has 3 amide bonds. The van der Waals surface area contributed by atoms with Gasteiger partial charge in [-0.1, -0.05) is 32.9 Å². The van der Waals surface area contributed by atoms with Gasteiger partial charge in [-0.3, -0.25) is 10.1 Å². The normalized spacial score (nSPS) is 12.4. The molecule has 0 aliphatic rings. The van der Waals surface area contributed by atoms with Gasteiger partial charge in [-0.25, -0.2) is 4.79 Å². The van der Waals surface area contributed by atoms with Crippen LogP contribution in [0.25, 0.3) is 0 Å². The molecule has 1 aromatic carbocycles. The zero-order chi connectivity index (χ0) is 15.3. The molecule has 1 atom stereocenters. The minimum atomic E-state index is -0.743. The Bertz CT molecular complexity index is 475. The molecule has 20 heavy (non-hydrogen) atoms. The number of hydrogen-bond acceptors (Lipinski definition) is 3. The van der Waals surface area contributed by atoms with Crippen molar-refractivity contribution in [2.75, 3.05) is 7.05 Å². The first kappa shape index (κ1) is 16.0. The Hall–Kier alpha value is -2.04. The number of benzene rings is 1. The summed E-state index contributed by atoms with van der Waals surface area (Å²) in [4.78, 5) is 22.7. The summed E-state index contributed by atoms with van der Waals surface area (Å²) < 4.78 is 5.50. The van der Waals surface area contributed by atoms with Crippen molar-refractivity contribution in [2.24, 2.45) is 0 Å². The molecule has 0 spiro atoms. The smallest absolute Gasteiger partial charge is 0.321 e. The maximum atomic E-state index is 11.6. The van der Waals surface area contributed by atoms with Crippen molar-refractivity contribution in [2.45, 2.75) is 39.2 Å². The number of nitrogens with one attached hydrogen (secondary N) is 2. The van der Waals surface area contributed by atoms with E-state index in [2.05, 4.69) is 31.4 Å². The Morgan fingerprint density at radius 1 is 1.15 bits per heavy atom. The summed E-state index contributed by atoms with van der Waals surface area (Å²) in [5, 5.41) is 4.48. The van der Waals surface area contributed by atoms with Gasteiger partial charge in [-0.05, 0) is 30.0 Å². The maximum Gasteiger partial charge on any atom is 0.321 e. The minimum absolute atomic E-state index is 0.0702. The van der Waals surface area contributed by atoms with E-state index in [1.807, 2.05) is 24.3 Å². The van der Waals surface area contributed by atoms with Crippen LogP contribution in [0.3, 0.4) is 0 Å². The third-order valence-electron chi connectivity index (χ3n) is 2.87. The van der Waals surface area contributed by atoms with Crippen LogP contribution in [-0.4, -0.2) is 25.1 Å². The highest BCUT2D eigenvalue weighted by Crippen LogP contribution is 2.24. The second-order valence-electron chi connectivity index (χ2n) is 5.60. The number of rotatable bonds is 3. The van der Waals surface area contributed by atoms with Crippen molar-refractivity contribution in [3.8, 4) is 5.75 Å². The molecule has 0 aromatic heterocycles. The van der Waals surface area contributed by atoms with E-state index in [-0.39, 0.29) is 5.41 Å². The van der Waals surface area contributed by atoms with E-state index < -0.39 is 18.0 Å². The quantitative estimate of drug-likeness (QED) is 0.890. The zero-order valence-corrected chi connectivity index (χ0v) is 12.6. The molecule has 0 saturated carbocycles. The molecule has 0 fully saturated rings. The molecule has 1 aromatic rings. The van der Waals surface area contributed by atoms with Gasteiger partial charge in [0.05, 0.1) is 0 Å². The van der Waals surface area contributed by atoms with Crippen LogP contribution < -0.4 is 15.4 Å². The number of ether oxygens (including phenoxy) is 1. The van der Waals surface area contributed by atoms with Crippen LogP contribution in [0.15, 0.2) is 24.3 Å². The van der Waals surface area contributed by atoms with Gasteiger partial charge in [0, 0.05) is 7.05 Å². The third kappa shape index (κ3) is 4.57. The summed E-state index contributed by atoms with van der Waals surface area (Å²) in [6.45, 7) is 7.98. The largest absolute Gasteiger partial charge is 0.481 e. The molecule has 0 saturated heterocycles. The fourth-order valence-electron chi connectivity index (χ4n) is 1.57. The van der Waals surface area contributed by atoms with Gasteiger partial charge in [0.2, 0.25) is 0 Å². The Morgan fingerprint density at radius 3 is 2.15 bits per heavy atom. The minimum Gasteiger partial charge on any atom is -0.481 e. The van der Waals surface area contributed by atoms with Crippen LogP contribution in [0.1, 0.15) is 33.3 Å². The lowest BCUT2D eigenvalue weighted by Crippen LogP contribution is -2.43.